The third-order valence-electron chi connectivity index (χ3n) is 3.70. The predicted octanol–water partition coefficient (Wildman–Crippen LogP) is 3.28. The van der Waals surface area contributed by atoms with Crippen molar-refractivity contribution in [3.05, 3.63) is 32.8 Å². The summed E-state index contributed by atoms with van der Waals surface area (Å²) in [6, 6.07) is 4.83. The fraction of sp³-hybridized carbons (Fsp3) is 0.500. The molecule has 0 N–H and O–H groups in total. The lowest BCUT2D eigenvalue weighted by Gasteiger charge is -2.36. The second-order valence-corrected chi connectivity index (χ2v) is 5.93. The molecule has 0 aliphatic carbocycles. The Morgan fingerprint density at radius 3 is 2.95 bits per heavy atom. The highest BCUT2D eigenvalue weighted by atomic mass is 79.9. The molecule has 0 bridgehead atoms. The highest BCUT2D eigenvalue weighted by Gasteiger charge is 2.29. The second-order valence-electron chi connectivity index (χ2n) is 5.01. The van der Waals surface area contributed by atoms with Crippen LogP contribution in [-0.2, 0) is 9.53 Å². The number of rotatable bonds is 4. The molecular formula is C14H17BrN2O4. The Bertz CT molecular complexity index is 550. The molecule has 1 fully saturated rings. The maximum atomic E-state index is 11.6. The lowest BCUT2D eigenvalue weighted by molar-refractivity contribution is -0.384. The van der Waals surface area contributed by atoms with Crippen molar-refractivity contribution < 1.29 is 14.5 Å². The summed E-state index contributed by atoms with van der Waals surface area (Å²) in [7, 11) is 1.36. The Kier molecular flexibility index (Phi) is 5.17. The fourth-order valence-corrected chi connectivity index (χ4v) is 3.04. The van der Waals surface area contributed by atoms with Crippen LogP contribution in [0.4, 0.5) is 11.4 Å². The van der Waals surface area contributed by atoms with E-state index in [1.807, 2.05) is 4.90 Å². The lowest BCUT2D eigenvalue weighted by Crippen LogP contribution is -2.41. The molecule has 0 aromatic heterocycles. The number of ether oxygens (including phenoxy) is 1. The molecule has 0 amide bonds. The van der Waals surface area contributed by atoms with E-state index in [4.69, 9.17) is 4.74 Å². The van der Waals surface area contributed by atoms with Crippen LogP contribution in [0.5, 0.6) is 0 Å². The number of carbonyl (C=O) groups is 1. The third-order valence-corrected chi connectivity index (χ3v) is 4.19. The molecule has 1 aromatic carbocycles. The SMILES string of the molecule is COC(=O)CC1CCCCN1c1cc(Br)ccc1[N+](=O)[O-]. The summed E-state index contributed by atoms with van der Waals surface area (Å²) in [5.41, 5.74) is 0.623. The average molecular weight is 357 g/mol. The van der Waals surface area contributed by atoms with E-state index in [1.165, 1.54) is 13.2 Å². The number of anilines is 1. The Labute approximate surface area is 131 Å². The van der Waals surface area contributed by atoms with Gasteiger partial charge in [0.05, 0.1) is 18.5 Å². The van der Waals surface area contributed by atoms with Gasteiger partial charge in [0.25, 0.3) is 5.69 Å². The summed E-state index contributed by atoms with van der Waals surface area (Å²) in [6.45, 7) is 0.707. The summed E-state index contributed by atoms with van der Waals surface area (Å²) in [4.78, 5) is 24.4. The Morgan fingerprint density at radius 2 is 2.29 bits per heavy atom. The van der Waals surface area contributed by atoms with E-state index in [0.29, 0.717) is 12.2 Å². The smallest absolute Gasteiger partial charge is 0.307 e. The van der Waals surface area contributed by atoms with Crippen LogP contribution in [0.3, 0.4) is 0 Å². The minimum absolute atomic E-state index is 0.0563. The first kappa shape index (κ1) is 15.8. The van der Waals surface area contributed by atoms with E-state index in [-0.39, 0.29) is 29.0 Å². The standard InChI is InChI=1S/C14H17BrN2O4/c1-21-14(18)9-11-4-2-3-7-16(11)13-8-10(15)5-6-12(13)17(19)20/h5-6,8,11H,2-4,7,9H2,1H3. The minimum Gasteiger partial charge on any atom is -0.469 e. The number of nitro benzene ring substituents is 1. The largest absolute Gasteiger partial charge is 0.469 e. The molecule has 21 heavy (non-hydrogen) atoms. The number of hydrogen-bond donors (Lipinski definition) is 0. The van der Waals surface area contributed by atoms with Crippen molar-refractivity contribution >= 4 is 33.3 Å². The number of hydrogen-bond acceptors (Lipinski definition) is 5. The van der Waals surface area contributed by atoms with Crippen LogP contribution in [0.1, 0.15) is 25.7 Å². The van der Waals surface area contributed by atoms with Gasteiger partial charge in [-0.1, -0.05) is 15.9 Å². The molecule has 1 aliphatic rings. The van der Waals surface area contributed by atoms with Crippen molar-refractivity contribution in [3.8, 4) is 0 Å². The Morgan fingerprint density at radius 1 is 1.52 bits per heavy atom. The van der Waals surface area contributed by atoms with Crippen molar-refractivity contribution in [2.24, 2.45) is 0 Å². The number of benzene rings is 1. The molecule has 0 saturated carbocycles. The van der Waals surface area contributed by atoms with Crippen LogP contribution in [0.2, 0.25) is 0 Å². The third kappa shape index (κ3) is 3.72. The summed E-state index contributed by atoms with van der Waals surface area (Å²) in [5.74, 6) is -0.287. The molecular weight excluding hydrogens is 340 g/mol. The molecule has 0 radical (unpaired) electrons. The number of nitro groups is 1. The van der Waals surface area contributed by atoms with Crippen molar-refractivity contribution in [1.82, 2.24) is 0 Å². The zero-order chi connectivity index (χ0) is 15.4. The summed E-state index contributed by atoms with van der Waals surface area (Å²) in [5, 5.41) is 11.2. The normalized spacial score (nSPS) is 18.4. The van der Waals surface area contributed by atoms with Gasteiger partial charge < -0.3 is 9.64 Å². The minimum atomic E-state index is -0.383. The maximum absolute atomic E-state index is 11.6. The predicted molar refractivity (Wildman–Crippen MR) is 82.4 cm³/mol. The Balaban J connectivity index is 2.34. The zero-order valence-electron chi connectivity index (χ0n) is 11.8. The molecule has 0 spiro atoms. The van der Waals surface area contributed by atoms with Gasteiger partial charge in [-0.2, -0.15) is 0 Å². The average Bonchev–Trinajstić information content (AvgIpc) is 2.47. The highest BCUT2D eigenvalue weighted by Crippen LogP contribution is 2.35. The molecule has 1 aromatic rings. The van der Waals surface area contributed by atoms with Gasteiger partial charge in [-0.3, -0.25) is 14.9 Å². The molecule has 7 heteroatoms. The van der Waals surface area contributed by atoms with Crippen LogP contribution >= 0.6 is 15.9 Å². The van der Waals surface area contributed by atoms with E-state index >= 15 is 0 Å². The summed E-state index contributed by atoms with van der Waals surface area (Å²) in [6.07, 6.45) is 3.06. The quantitative estimate of drug-likeness (QED) is 0.470. The van der Waals surface area contributed by atoms with Gasteiger partial charge in [-0.15, -0.1) is 0 Å². The summed E-state index contributed by atoms with van der Waals surface area (Å²) < 4.78 is 5.51. The molecule has 2 rings (SSSR count). The molecule has 1 aliphatic heterocycles. The topological polar surface area (TPSA) is 72.7 Å². The number of piperidine rings is 1. The number of esters is 1. The summed E-state index contributed by atoms with van der Waals surface area (Å²) >= 11 is 3.36. The van der Waals surface area contributed by atoms with Gasteiger partial charge >= 0.3 is 5.97 Å². The zero-order valence-corrected chi connectivity index (χ0v) is 13.3. The first-order valence-corrected chi connectivity index (χ1v) is 7.59. The fourth-order valence-electron chi connectivity index (χ4n) is 2.69. The number of halogens is 1. The van der Waals surface area contributed by atoms with E-state index in [9.17, 15) is 14.9 Å². The molecule has 1 heterocycles. The Hall–Kier alpha value is -1.63. The van der Waals surface area contributed by atoms with Gasteiger partial charge in [0.15, 0.2) is 0 Å². The number of carbonyl (C=O) groups excluding carboxylic acids is 1. The van der Waals surface area contributed by atoms with Gasteiger partial charge in [0, 0.05) is 23.1 Å². The van der Waals surface area contributed by atoms with Gasteiger partial charge in [-0.05, 0) is 31.4 Å². The van der Waals surface area contributed by atoms with Crippen LogP contribution in [0.25, 0.3) is 0 Å². The van der Waals surface area contributed by atoms with Gasteiger partial charge in [0.2, 0.25) is 0 Å². The molecule has 1 saturated heterocycles. The number of nitrogens with zero attached hydrogens (tertiary/aromatic N) is 2. The van der Waals surface area contributed by atoms with Crippen LogP contribution in [0, 0.1) is 10.1 Å². The lowest BCUT2D eigenvalue weighted by atomic mass is 9.98. The molecule has 1 atom stereocenters. The monoisotopic (exact) mass is 356 g/mol. The van der Waals surface area contributed by atoms with Crippen LogP contribution in [-0.4, -0.2) is 30.6 Å². The van der Waals surface area contributed by atoms with Gasteiger partial charge in [0.1, 0.15) is 5.69 Å². The number of methoxy groups -OCH3 is 1. The molecule has 114 valence electrons. The van der Waals surface area contributed by atoms with E-state index in [0.717, 1.165) is 23.7 Å². The molecule has 1 unspecified atom stereocenters. The van der Waals surface area contributed by atoms with Crippen molar-refractivity contribution in [3.63, 3.8) is 0 Å². The first-order valence-electron chi connectivity index (χ1n) is 6.80. The van der Waals surface area contributed by atoms with E-state index in [1.54, 1.807) is 12.1 Å². The van der Waals surface area contributed by atoms with Crippen LogP contribution in [0.15, 0.2) is 22.7 Å². The highest BCUT2D eigenvalue weighted by molar-refractivity contribution is 9.10. The van der Waals surface area contributed by atoms with E-state index < -0.39 is 0 Å². The maximum Gasteiger partial charge on any atom is 0.307 e. The van der Waals surface area contributed by atoms with Gasteiger partial charge in [-0.25, -0.2) is 0 Å². The molecule has 6 nitrogen and oxygen atoms in total. The van der Waals surface area contributed by atoms with E-state index in [2.05, 4.69) is 15.9 Å². The second kappa shape index (κ2) is 6.89. The first-order chi connectivity index (χ1) is 10.0. The van der Waals surface area contributed by atoms with Crippen LogP contribution < -0.4 is 4.90 Å². The van der Waals surface area contributed by atoms with Crippen molar-refractivity contribution in [2.45, 2.75) is 31.7 Å². The van der Waals surface area contributed by atoms with Crippen molar-refractivity contribution in [2.75, 3.05) is 18.6 Å². The van der Waals surface area contributed by atoms with Crippen molar-refractivity contribution in [1.29, 1.82) is 0 Å².